The molecule has 0 N–H and O–H groups in total. The highest BCUT2D eigenvalue weighted by molar-refractivity contribution is 5.76. The SMILES string of the molecule is [3H]c1c([3H])c([3H])c(N(c2ccccc2)c2ccccc2)c([3H])c1[3H]. The molecule has 92 valence electrons. The zero-order valence-electron chi connectivity index (χ0n) is 15.2. The molecule has 0 atom stereocenters. The maximum Gasteiger partial charge on any atom is 0.0645 e. The van der Waals surface area contributed by atoms with Gasteiger partial charge in [0, 0.05) is 17.1 Å². The number of benzene rings is 3. The van der Waals surface area contributed by atoms with Crippen LogP contribution in [0.1, 0.15) is 6.85 Å². The molecule has 0 saturated heterocycles. The molecule has 1 heteroatoms. The van der Waals surface area contributed by atoms with E-state index in [1.807, 2.05) is 60.7 Å². The molecule has 0 aliphatic rings. The minimum Gasteiger partial charge on any atom is -0.311 e. The second-order valence-electron chi connectivity index (χ2n) is 3.98. The summed E-state index contributed by atoms with van der Waals surface area (Å²) in [6, 6.07) is 17.0. The summed E-state index contributed by atoms with van der Waals surface area (Å²) in [5, 5.41) is 0. The maximum absolute atomic E-state index is 8.25. The van der Waals surface area contributed by atoms with Crippen molar-refractivity contribution in [3.63, 3.8) is 0 Å². The summed E-state index contributed by atoms with van der Waals surface area (Å²) in [4.78, 5) is 1.68. The van der Waals surface area contributed by atoms with E-state index in [4.69, 9.17) is 6.85 Å². The van der Waals surface area contributed by atoms with Gasteiger partial charge in [-0.05, 0) is 36.4 Å². The molecule has 0 amide bonds. The van der Waals surface area contributed by atoms with Gasteiger partial charge in [-0.2, -0.15) is 0 Å². The number of anilines is 3. The van der Waals surface area contributed by atoms with Gasteiger partial charge in [0.15, 0.2) is 0 Å². The van der Waals surface area contributed by atoms with Gasteiger partial charge in [-0.3, -0.25) is 0 Å². The van der Waals surface area contributed by atoms with Crippen LogP contribution in [0.25, 0.3) is 0 Å². The second kappa shape index (κ2) is 5.40. The van der Waals surface area contributed by atoms with Crippen LogP contribution in [0.3, 0.4) is 0 Å². The molecular formula is C18H15N. The number of para-hydroxylation sites is 3. The summed E-state index contributed by atoms with van der Waals surface area (Å²) in [7, 11) is 0. The Morgan fingerprint density at radius 1 is 0.579 bits per heavy atom. The average molecular weight is 255 g/mol. The van der Waals surface area contributed by atoms with Crippen molar-refractivity contribution >= 4 is 17.1 Å². The van der Waals surface area contributed by atoms with Crippen LogP contribution in [-0.4, -0.2) is 0 Å². The first-order chi connectivity index (χ1) is 11.5. The fraction of sp³-hybridized carbons (Fsp3) is 0. The molecule has 0 bridgehead atoms. The highest BCUT2D eigenvalue weighted by Gasteiger charge is 2.10. The van der Waals surface area contributed by atoms with Crippen molar-refractivity contribution in [2.24, 2.45) is 0 Å². The standard InChI is InChI=1S/C18H15N/c1-4-10-16(11-5-1)19(17-12-6-2-7-13-17)18-14-8-3-9-15-18/h1-15H/i1T,4T,5T,10T,11T. The largest absolute Gasteiger partial charge is 0.311 e. The Kier molecular flexibility index (Phi) is 2.03. The van der Waals surface area contributed by atoms with Crippen LogP contribution < -0.4 is 4.90 Å². The highest BCUT2D eigenvalue weighted by Crippen LogP contribution is 2.33. The molecule has 0 aromatic heterocycles. The lowest BCUT2D eigenvalue weighted by Crippen LogP contribution is -2.09. The first kappa shape index (κ1) is 7.15. The molecule has 0 aliphatic carbocycles. The topological polar surface area (TPSA) is 3.24 Å². The van der Waals surface area contributed by atoms with Gasteiger partial charge < -0.3 is 4.90 Å². The van der Waals surface area contributed by atoms with Crippen LogP contribution in [0.2, 0.25) is 0 Å². The van der Waals surface area contributed by atoms with E-state index in [0.29, 0.717) is 0 Å². The van der Waals surface area contributed by atoms with Crippen molar-refractivity contribution in [2.75, 3.05) is 4.90 Å². The Balaban J connectivity index is 2.33. The monoisotopic (exact) mass is 255 g/mol. The molecule has 0 fully saturated rings. The molecule has 0 radical (unpaired) electrons. The van der Waals surface area contributed by atoms with E-state index >= 15 is 0 Å². The van der Waals surface area contributed by atoms with Crippen molar-refractivity contribution in [3.05, 3.63) is 90.9 Å². The lowest BCUT2D eigenvalue weighted by atomic mass is 10.2. The first-order valence-corrected chi connectivity index (χ1v) is 5.99. The quantitative estimate of drug-likeness (QED) is 0.625. The molecular weight excluding hydrogens is 230 g/mol. The van der Waals surface area contributed by atoms with Crippen LogP contribution in [0, 0.1) is 0 Å². The van der Waals surface area contributed by atoms with Gasteiger partial charge in [-0.25, -0.2) is 0 Å². The van der Waals surface area contributed by atoms with Gasteiger partial charge in [0.2, 0.25) is 0 Å². The Labute approximate surface area is 120 Å². The minimum absolute atomic E-state index is 0.137. The molecule has 0 aliphatic heterocycles. The summed E-state index contributed by atoms with van der Waals surface area (Å²) >= 11 is 0. The second-order valence-corrected chi connectivity index (χ2v) is 3.98. The fourth-order valence-corrected chi connectivity index (χ4v) is 1.92. The summed E-state index contributed by atoms with van der Waals surface area (Å²) in [5.74, 6) is 0. The third-order valence-electron chi connectivity index (χ3n) is 2.74. The van der Waals surface area contributed by atoms with Crippen molar-refractivity contribution in [2.45, 2.75) is 0 Å². The van der Waals surface area contributed by atoms with E-state index < -0.39 is 6.04 Å². The molecule has 0 heterocycles. The molecule has 3 rings (SSSR count). The van der Waals surface area contributed by atoms with E-state index in [1.54, 1.807) is 4.90 Å². The zero-order chi connectivity index (χ0) is 17.3. The normalized spacial score (nSPS) is 13.8. The van der Waals surface area contributed by atoms with Gasteiger partial charge in [0.25, 0.3) is 0 Å². The lowest BCUT2D eigenvalue weighted by Gasteiger charge is -2.25. The van der Waals surface area contributed by atoms with Gasteiger partial charge in [0.05, 0.1) is 6.85 Å². The van der Waals surface area contributed by atoms with Crippen LogP contribution in [0.15, 0.2) is 90.9 Å². The Bertz CT molecular complexity index is 797. The third-order valence-corrected chi connectivity index (χ3v) is 2.74. The number of hydrogen-bond donors (Lipinski definition) is 0. The molecule has 19 heavy (non-hydrogen) atoms. The molecule has 1 nitrogen and oxygen atoms in total. The van der Waals surface area contributed by atoms with Crippen LogP contribution >= 0.6 is 0 Å². The highest BCUT2D eigenvalue weighted by atomic mass is 15.1. The van der Waals surface area contributed by atoms with Gasteiger partial charge in [0.1, 0.15) is 0 Å². The predicted octanol–water partition coefficient (Wildman–Crippen LogP) is 5.16. The Hall–Kier alpha value is -2.54. The van der Waals surface area contributed by atoms with E-state index in [-0.39, 0.29) is 29.9 Å². The third kappa shape index (κ3) is 2.50. The van der Waals surface area contributed by atoms with Crippen molar-refractivity contribution < 1.29 is 6.85 Å². The molecule has 0 spiro atoms. The minimum atomic E-state index is -0.394. The smallest absolute Gasteiger partial charge is 0.0645 e. The fourth-order valence-electron chi connectivity index (χ4n) is 1.92. The van der Waals surface area contributed by atoms with Crippen LogP contribution in [0.4, 0.5) is 17.1 Å². The van der Waals surface area contributed by atoms with E-state index in [1.165, 1.54) is 0 Å². The van der Waals surface area contributed by atoms with Crippen LogP contribution in [-0.2, 0) is 0 Å². The van der Waals surface area contributed by atoms with Gasteiger partial charge >= 0.3 is 0 Å². The summed E-state index contributed by atoms with van der Waals surface area (Å²) in [5.41, 5.74) is 1.59. The van der Waals surface area contributed by atoms with Crippen molar-refractivity contribution in [3.8, 4) is 0 Å². The number of nitrogens with zero attached hydrogens (tertiary/aromatic N) is 1. The van der Waals surface area contributed by atoms with E-state index in [9.17, 15) is 0 Å². The molecule has 0 unspecified atom stereocenters. The Morgan fingerprint density at radius 3 is 1.53 bits per heavy atom. The van der Waals surface area contributed by atoms with Gasteiger partial charge in [-0.15, -0.1) is 0 Å². The average Bonchev–Trinajstić information content (AvgIpc) is 2.63. The number of rotatable bonds is 3. The molecule has 3 aromatic carbocycles. The van der Waals surface area contributed by atoms with Gasteiger partial charge in [-0.1, -0.05) is 54.5 Å². The van der Waals surface area contributed by atoms with E-state index in [2.05, 4.69) is 0 Å². The maximum atomic E-state index is 8.25. The first-order valence-electron chi connectivity index (χ1n) is 8.49. The van der Waals surface area contributed by atoms with Crippen molar-refractivity contribution in [1.29, 1.82) is 0 Å². The summed E-state index contributed by atoms with van der Waals surface area (Å²) < 4.78 is 40.1. The Morgan fingerprint density at radius 2 is 1.05 bits per heavy atom. The lowest BCUT2D eigenvalue weighted by molar-refractivity contribution is 1.28. The van der Waals surface area contributed by atoms with Crippen LogP contribution in [0.5, 0.6) is 0 Å². The predicted molar refractivity (Wildman–Crippen MR) is 81.1 cm³/mol. The zero-order valence-corrected chi connectivity index (χ0v) is 10.2. The summed E-state index contributed by atoms with van der Waals surface area (Å²) in [6.45, 7) is 0. The molecule has 3 aromatic rings. The summed E-state index contributed by atoms with van der Waals surface area (Å²) in [6.07, 6.45) is 0. The molecule has 0 saturated carbocycles. The van der Waals surface area contributed by atoms with E-state index in [0.717, 1.165) is 11.4 Å². The number of hydrogen-bond acceptors (Lipinski definition) is 1. The van der Waals surface area contributed by atoms with Crippen molar-refractivity contribution in [1.82, 2.24) is 0 Å².